The highest BCUT2D eigenvalue weighted by Crippen LogP contribution is 2.09. The van der Waals surface area contributed by atoms with Crippen molar-refractivity contribution in [3.8, 4) is 0 Å². The first-order valence-electron chi connectivity index (χ1n) is 6.07. The zero-order chi connectivity index (χ0) is 13.5. The second-order valence-corrected chi connectivity index (χ2v) is 4.62. The number of carbonyl (C=O) groups excluding carboxylic acids is 1. The number of amides is 1. The van der Waals surface area contributed by atoms with E-state index in [-0.39, 0.29) is 18.4 Å². The van der Waals surface area contributed by atoms with Crippen LogP contribution in [-0.2, 0) is 0 Å². The Balaban J connectivity index is 2.58. The number of nitrogens with zero attached hydrogens (tertiary/aromatic N) is 2. The molecule has 18 heavy (non-hydrogen) atoms. The molecule has 5 nitrogen and oxygen atoms in total. The number of aliphatic hydroxyl groups excluding tert-OH is 1. The molecule has 1 heterocycles. The van der Waals surface area contributed by atoms with Gasteiger partial charge in [-0.05, 0) is 24.5 Å². The molecule has 0 aliphatic carbocycles. The van der Waals surface area contributed by atoms with Crippen LogP contribution in [0.3, 0.4) is 0 Å². The van der Waals surface area contributed by atoms with Gasteiger partial charge in [0.05, 0.1) is 0 Å². The number of pyridine rings is 1. The van der Waals surface area contributed by atoms with Crippen LogP contribution >= 0.6 is 0 Å². The first-order chi connectivity index (χ1) is 8.54. The molecule has 0 saturated heterocycles. The number of aromatic nitrogens is 1. The van der Waals surface area contributed by atoms with Crippen molar-refractivity contribution in [3.63, 3.8) is 0 Å². The first kappa shape index (κ1) is 14.4. The van der Waals surface area contributed by atoms with Gasteiger partial charge >= 0.3 is 0 Å². The van der Waals surface area contributed by atoms with E-state index in [1.54, 1.807) is 18.3 Å². The Kier molecular flexibility index (Phi) is 5.58. The quantitative estimate of drug-likeness (QED) is 0.788. The van der Waals surface area contributed by atoms with E-state index in [2.05, 4.69) is 10.3 Å². The van der Waals surface area contributed by atoms with Crippen LogP contribution < -0.4 is 10.2 Å². The van der Waals surface area contributed by atoms with Crippen molar-refractivity contribution < 1.29 is 9.90 Å². The third-order valence-electron chi connectivity index (χ3n) is 2.70. The van der Waals surface area contributed by atoms with E-state index in [4.69, 9.17) is 5.11 Å². The molecule has 0 saturated carbocycles. The van der Waals surface area contributed by atoms with Gasteiger partial charge in [0, 0.05) is 39.0 Å². The standard InChI is InChI=1S/C13H21N3O2/c1-10(5-7-17)9-15-13(18)11-4-6-14-12(8-11)16(2)3/h4,6,8,10,17H,5,7,9H2,1-3H3,(H,15,18). The van der Waals surface area contributed by atoms with Gasteiger partial charge in [-0.25, -0.2) is 4.98 Å². The summed E-state index contributed by atoms with van der Waals surface area (Å²) in [6, 6.07) is 3.45. The third kappa shape index (κ3) is 4.33. The number of carbonyl (C=O) groups is 1. The van der Waals surface area contributed by atoms with Crippen molar-refractivity contribution in [1.29, 1.82) is 0 Å². The van der Waals surface area contributed by atoms with Crippen molar-refractivity contribution >= 4 is 11.7 Å². The molecule has 1 rings (SSSR count). The molecule has 0 radical (unpaired) electrons. The molecule has 0 aromatic carbocycles. The topological polar surface area (TPSA) is 65.5 Å². The Morgan fingerprint density at radius 2 is 2.28 bits per heavy atom. The average Bonchev–Trinajstić information content (AvgIpc) is 2.36. The van der Waals surface area contributed by atoms with Crippen LogP contribution in [-0.4, -0.2) is 43.2 Å². The lowest BCUT2D eigenvalue weighted by Crippen LogP contribution is -2.28. The Morgan fingerprint density at radius 3 is 2.89 bits per heavy atom. The molecule has 0 bridgehead atoms. The second kappa shape index (κ2) is 6.96. The van der Waals surface area contributed by atoms with E-state index in [9.17, 15) is 4.79 Å². The van der Waals surface area contributed by atoms with E-state index >= 15 is 0 Å². The molecule has 0 aliphatic rings. The minimum atomic E-state index is -0.106. The van der Waals surface area contributed by atoms with Crippen LogP contribution in [0.2, 0.25) is 0 Å². The summed E-state index contributed by atoms with van der Waals surface area (Å²) in [4.78, 5) is 17.9. The lowest BCUT2D eigenvalue weighted by molar-refractivity contribution is 0.0945. The number of rotatable bonds is 6. The fourth-order valence-corrected chi connectivity index (χ4v) is 1.50. The summed E-state index contributed by atoms with van der Waals surface area (Å²) in [6.07, 6.45) is 2.32. The summed E-state index contributed by atoms with van der Waals surface area (Å²) in [6.45, 7) is 2.71. The summed E-state index contributed by atoms with van der Waals surface area (Å²) < 4.78 is 0. The van der Waals surface area contributed by atoms with Gasteiger partial charge in [-0.15, -0.1) is 0 Å². The Morgan fingerprint density at radius 1 is 1.56 bits per heavy atom. The highest BCUT2D eigenvalue weighted by Gasteiger charge is 2.09. The number of anilines is 1. The van der Waals surface area contributed by atoms with Gasteiger partial charge in [-0.1, -0.05) is 6.92 Å². The molecule has 0 spiro atoms. The molecule has 0 fully saturated rings. The fraction of sp³-hybridized carbons (Fsp3) is 0.538. The van der Waals surface area contributed by atoms with Crippen LogP contribution in [0, 0.1) is 5.92 Å². The van der Waals surface area contributed by atoms with Crippen LogP contribution in [0.5, 0.6) is 0 Å². The third-order valence-corrected chi connectivity index (χ3v) is 2.70. The van der Waals surface area contributed by atoms with Gasteiger partial charge in [0.1, 0.15) is 5.82 Å². The first-order valence-corrected chi connectivity index (χ1v) is 6.07. The number of aliphatic hydroxyl groups is 1. The van der Waals surface area contributed by atoms with E-state index < -0.39 is 0 Å². The zero-order valence-electron chi connectivity index (χ0n) is 11.2. The van der Waals surface area contributed by atoms with Crippen molar-refractivity contribution in [2.75, 3.05) is 32.1 Å². The number of nitrogens with one attached hydrogen (secondary N) is 1. The summed E-state index contributed by atoms with van der Waals surface area (Å²) >= 11 is 0. The van der Waals surface area contributed by atoms with Crippen molar-refractivity contribution in [3.05, 3.63) is 23.9 Å². The van der Waals surface area contributed by atoms with E-state index in [1.807, 2.05) is 25.9 Å². The minimum Gasteiger partial charge on any atom is -0.396 e. The van der Waals surface area contributed by atoms with Crippen molar-refractivity contribution in [2.24, 2.45) is 5.92 Å². The molecule has 100 valence electrons. The van der Waals surface area contributed by atoms with E-state index in [1.165, 1.54) is 0 Å². The fourth-order valence-electron chi connectivity index (χ4n) is 1.50. The van der Waals surface area contributed by atoms with Crippen LogP contribution in [0.15, 0.2) is 18.3 Å². The second-order valence-electron chi connectivity index (χ2n) is 4.62. The molecule has 0 aliphatic heterocycles. The number of hydrogen-bond donors (Lipinski definition) is 2. The highest BCUT2D eigenvalue weighted by atomic mass is 16.3. The maximum atomic E-state index is 11.9. The molecule has 1 atom stereocenters. The predicted molar refractivity (Wildman–Crippen MR) is 71.8 cm³/mol. The molecule has 2 N–H and O–H groups in total. The van der Waals surface area contributed by atoms with E-state index in [0.29, 0.717) is 18.5 Å². The average molecular weight is 251 g/mol. The summed E-state index contributed by atoms with van der Waals surface area (Å²) in [7, 11) is 3.76. The van der Waals surface area contributed by atoms with Crippen molar-refractivity contribution in [1.82, 2.24) is 10.3 Å². The Labute approximate surface area is 108 Å². The predicted octanol–water partition coefficient (Wildman–Crippen LogP) is 0.896. The monoisotopic (exact) mass is 251 g/mol. The highest BCUT2D eigenvalue weighted by molar-refractivity contribution is 5.94. The smallest absolute Gasteiger partial charge is 0.251 e. The van der Waals surface area contributed by atoms with Crippen LogP contribution in [0.1, 0.15) is 23.7 Å². The Hall–Kier alpha value is -1.62. The van der Waals surface area contributed by atoms with Gasteiger partial charge in [0.15, 0.2) is 0 Å². The maximum absolute atomic E-state index is 11.9. The van der Waals surface area contributed by atoms with Gasteiger partial charge in [0.2, 0.25) is 0 Å². The molecule has 1 unspecified atom stereocenters. The summed E-state index contributed by atoms with van der Waals surface area (Å²) in [5.74, 6) is 0.922. The Bertz CT molecular complexity index is 394. The lowest BCUT2D eigenvalue weighted by atomic mass is 10.1. The SMILES string of the molecule is CC(CCO)CNC(=O)c1ccnc(N(C)C)c1. The lowest BCUT2D eigenvalue weighted by Gasteiger charge is -2.13. The molecule has 1 amide bonds. The summed E-state index contributed by atoms with van der Waals surface area (Å²) in [5.41, 5.74) is 0.602. The molecule has 1 aromatic rings. The van der Waals surface area contributed by atoms with Gasteiger partial charge in [-0.2, -0.15) is 0 Å². The van der Waals surface area contributed by atoms with E-state index in [0.717, 1.165) is 5.82 Å². The maximum Gasteiger partial charge on any atom is 0.251 e. The van der Waals surface area contributed by atoms with Gasteiger partial charge in [0.25, 0.3) is 5.91 Å². The largest absolute Gasteiger partial charge is 0.396 e. The molecular weight excluding hydrogens is 230 g/mol. The van der Waals surface area contributed by atoms with Crippen molar-refractivity contribution in [2.45, 2.75) is 13.3 Å². The molecule has 5 heteroatoms. The normalized spacial score (nSPS) is 12.0. The molecular formula is C13H21N3O2. The minimum absolute atomic E-state index is 0.106. The summed E-state index contributed by atoms with van der Waals surface area (Å²) in [5, 5.41) is 11.6. The zero-order valence-corrected chi connectivity index (χ0v) is 11.2. The number of hydrogen-bond acceptors (Lipinski definition) is 4. The van der Waals surface area contributed by atoms with Gasteiger partial charge in [-0.3, -0.25) is 4.79 Å². The van der Waals surface area contributed by atoms with Crippen LogP contribution in [0.25, 0.3) is 0 Å². The van der Waals surface area contributed by atoms with Gasteiger partial charge < -0.3 is 15.3 Å². The molecule has 1 aromatic heterocycles. The van der Waals surface area contributed by atoms with Crippen LogP contribution in [0.4, 0.5) is 5.82 Å².